The van der Waals surface area contributed by atoms with Crippen LogP contribution in [0.3, 0.4) is 0 Å². The molecular weight excluding hydrogens is 412 g/mol. The Kier molecular flexibility index (Phi) is 5.24. The number of benzene rings is 2. The maximum atomic E-state index is 10.9. The van der Waals surface area contributed by atoms with E-state index < -0.39 is 0 Å². The van der Waals surface area contributed by atoms with Crippen molar-refractivity contribution < 1.29 is 14.3 Å². The van der Waals surface area contributed by atoms with Gasteiger partial charge in [-0.25, -0.2) is 0 Å². The molecule has 5 nitrogen and oxygen atoms in total. The fraction of sp³-hybridized carbons (Fsp3) is 0.320. The van der Waals surface area contributed by atoms with Gasteiger partial charge in [-0.1, -0.05) is 23.7 Å². The molecule has 160 valence electrons. The van der Waals surface area contributed by atoms with E-state index in [4.69, 9.17) is 21.1 Å². The zero-order valence-corrected chi connectivity index (χ0v) is 18.3. The zero-order chi connectivity index (χ0) is 21.4. The van der Waals surface area contributed by atoms with Crippen molar-refractivity contribution in [2.75, 3.05) is 20.2 Å². The van der Waals surface area contributed by atoms with Crippen molar-refractivity contribution in [1.29, 1.82) is 0 Å². The molecule has 0 N–H and O–H groups in total. The third-order valence-electron chi connectivity index (χ3n) is 6.43. The highest BCUT2D eigenvalue weighted by molar-refractivity contribution is 6.30. The van der Waals surface area contributed by atoms with Crippen LogP contribution < -0.4 is 9.47 Å². The normalized spacial score (nSPS) is 17.0. The number of hydrogen-bond donors (Lipinski definition) is 0. The van der Waals surface area contributed by atoms with Crippen molar-refractivity contribution in [3.05, 3.63) is 76.6 Å². The van der Waals surface area contributed by atoms with E-state index in [9.17, 15) is 4.79 Å². The van der Waals surface area contributed by atoms with Crippen LogP contribution in [0.15, 0.2) is 54.7 Å². The summed E-state index contributed by atoms with van der Waals surface area (Å²) < 4.78 is 14.3. The Balaban J connectivity index is 1.33. The lowest BCUT2D eigenvalue weighted by Gasteiger charge is -2.45. The molecule has 1 fully saturated rings. The van der Waals surface area contributed by atoms with Crippen LogP contribution in [0, 0.1) is 0 Å². The number of nitrogens with zero attached hydrogens (tertiary/aromatic N) is 2. The molecule has 6 heteroatoms. The molecule has 0 atom stereocenters. The van der Waals surface area contributed by atoms with Gasteiger partial charge in [-0.2, -0.15) is 0 Å². The second kappa shape index (κ2) is 8.06. The van der Waals surface area contributed by atoms with Crippen molar-refractivity contribution in [2.24, 2.45) is 0 Å². The third kappa shape index (κ3) is 3.62. The molecule has 1 spiro atoms. The highest BCUT2D eigenvalue weighted by Crippen LogP contribution is 2.45. The first kappa shape index (κ1) is 20.2. The molecule has 2 aliphatic rings. The maximum Gasteiger partial charge on any atom is 0.152 e. The van der Waals surface area contributed by atoms with Gasteiger partial charge in [0.1, 0.15) is 17.8 Å². The number of halogens is 1. The van der Waals surface area contributed by atoms with Gasteiger partial charge in [0, 0.05) is 61.7 Å². The Morgan fingerprint density at radius 1 is 1.16 bits per heavy atom. The molecule has 0 aliphatic carbocycles. The minimum absolute atomic E-state index is 0.330. The average molecular weight is 437 g/mol. The molecule has 3 heterocycles. The van der Waals surface area contributed by atoms with Gasteiger partial charge in [-0.3, -0.25) is 4.90 Å². The van der Waals surface area contributed by atoms with Gasteiger partial charge >= 0.3 is 0 Å². The summed E-state index contributed by atoms with van der Waals surface area (Å²) in [7, 11) is 1.65. The lowest BCUT2D eigenvalue weighted by molar-refractivity contribution is -0.107. The summed E-state index contributed by atoms with van der Waals surface area (Å²) in [6.07, 6.45) is 5.20. The Labute approximate surface area is 187 Å². The summed E-state index contributed by atoms with van der Waals surface area (Å²) in [6.45, 7) is 2.70. The molecule has 2 aromatic carbocycles. The molecule has 3 aromatic rings. The molecule has 0 amide bonds. The van der Waals surface area contributed by atoms with Crippen molar-refractivity contribution in [3.63, 3.8) is 0 Å². The number of aromatic nitrogens is 1. The highest BCUT2D eigenvalue weighted by Gasteiger charge is 2.43. The van der Waals surface area contributed by atoms with Crippen LogP contribution in [-0.2, 0) is 23.4 Å². The van der Waals surface area contributed by atoms with Crippen molar-refractivity contribution in [1.82, 2.24) is 9.47 Å². The van der Waals surface area contributed by atoms with Crippen LogP contribution in [0.1, 0.15) is 29.7 Å². The van der Waals surface area contributed by atoms with Crippen molar-refractivity contribution in [3.8, 4) is 17.2 Å². The first-order valence-electron chi connectivity index (χ1n) is 10.6. The van der Waals surface area contributed by atoms with Crippen LogP contribution in [0.2, 0.25) is 5.02 Å². The number of fused-ring (bicyclic) bond motifs is 4. The van der Waals surface area contributed by atoms with Crippen LogP contribution in [0.5, 0.6) is 11.5 Å². The number of carbonyl (C=O) groups excluding carboxylic acids is 1. The molecule has 2 aliphatic heterocycles. The smallest absolute Gasteiger partial charge is 0.152 e. The van der Waals surface area contributed by atoms with E-state index in [1.54, 1.807) is 7.11 Å². The third-order valence-corrected chi connectivity index (χ3v) is 6.66. The van der Waals surface area contributed by atoms with Crippen LogP contribution in [0.25, 0.3) is 5.69 Å². The molecule has 5 rings (SSSR count). The summed E-state index contributed by atoms with van der Waals surface area (Å²) in [4.78, 5) is 13.3. The van der Waals surface area contributed by atoms with Gasteiger partial charge in [0.2, 0.25) is 0 Å². The van der Waals surface area contributed by atoms with Crippen LogP contribution >= 0.6 is 11.6 Å². The van der Waals surface area contributed by atoms with Crippen molar-refractivity contribution in [2.45, 2.75) is 31.4 Å². The summed E-state index contributed by atoms with van der Waals surface area (Å²) in [6, 6.07) is 16.2. The number of hydrogen-bond acceptors (Lipinski definition) is 4. The Hall–Kier alpha value is -2.76. The topological polar surface area (TPSA) is 43.7 Å². The predicted octanol–water partition coefficient (Wildman–Crippen LogP) is 4.76. The van der Waals surface area contributed by atoms with Gasteiger partial charge in [-0.05, 0) is 35.9 Å². The number of piperidine rings is 1. The first-order chi connectivity index (χ1) is 15.1. The SMILES string of the molecule is COc1cc(CN2CCC3(CC2)Oc2cc(Cl)ccc2-n2cccc23)ccc1CC=O. The highest BCUT2D eigenvalue weighted by atomic mass is 35.5. The molecule has 0 unspecified atom stereocenters. The minimum atomic E-state index is -0.330. The molecule has 1 saturated heterocycles. The van der Waals surface area contributed by atoms with Gasteiger partial charge in [0.25, 0.3) is 0 Å². The summed E-state index contributed by atoms with van der Waals surface area (Å²) in [5.41, 5.74) is 4.03. The average Bonchev–Trinajstić information content (AvgIpc) is 3.28. The first-order valence-corrected chi connectivity index (χ1v) is 11.0. The minimum Gasteiger partial charge on any atom is -0.496 e. The van der Waals surface area contributed by atoms with Crippen LogP contribution in [0.4, 0.5) is 0 Å². The van der Waals surface area contributed by atoms with Gasteiger partial charge < -0.3 is 18.8 Å². The van der Waals surface area contributed by atoms with Gasteiger partial charge in [0.15, 0.2) is 5.60 Å². The molecule has 1 aromatic heterocycles. The molecule has 0 radical (unpaired) electrons. The maximum absolute atomic E-state index is 10.9. The fourth-order valence-electron chi connectivity index (χ4n) is 4.83. The number of rotatable bonds is 5. The van der Waals surface area contributed by atoms with Crippen LogP contribution in [-0.4, -0.2) is 36.0 Å². The van der Waals surface area contributed by atoms with E-state index in [-0.39, 0.29) is 5.60 Å². The summed E-state index contributed by atoms with van der Waals surface area (Å²) in [5.74, 6) is 1.63. The van der Waals surface area contributed by atoms with E-state index in [1.807, 2.05) is 30.3 Å². The lowest BCUT2D eigenvalue weighted by atomic mass is 9.86. The van der Waals surface area contributed by atoms with Gasteiger partial charge in [0.05, 0.1) is 18.5 Å². The molecule has 0 bridgehead atoms. The quantitative estimate of drug-likeness (QED) is 0.541. The summed E-state index contributed by atoms with van der Waals surface area (Å²) >= 11 is 6.25. The van der Waals surface area contributed by atoms with Gasteiger partial charge in [-0.15, -0.1) is 0 Å². The van der Waals surface area contributed by atoms with E-state index in [2.05, 4.69) is 33.9 Å². The standard InChI is InChI=1S/C25H25ClN2O3/c1-30-22-15-18(4-5-19(22)8-14-29)17-27-12-9-25(10-13-27)24-3-2-11-28(24)21-7-6-20(26)16-23(21)31-25/h2-7,11,14-16H,8-10,12-13,17H2,1H3. The number of carbonyl (C=O) groups is 1. The molecule has 0 saturated carbocycles. The van der Waals surface area contributed by atoms with E-state index in [0.29, 0.717) is 11.4 Å². The Morgan fingerprint density at radius 3 is 2.77 bits per heavy atom. The Bertz CT molecular complexity index is 1120. The second-order valence-corrected chi connectivity index (χ2v) is 8.70. The Morgan fingerprint density at radius 2 is 2.00 bits per heavy atom. The van der Waals surface area contributed by atoms with E-state index in [0.717, 1.165) is 61.5 Å². The lowest BCUT2D eigenvalue weighted by Crippen LogP contribution is -2.48. The number of likely N-dealkylation sites (tertiary alicyclic amines) is 1. The predicted molar refractivity (Wildman–Crippen MR) is 120 cm³/mol. The fourth-order valence-corrected chi connectivity index (χ4v) is 4.99. The van der Waals surface area contributed by atoms with Crippen molar-refractivity contribution >= 4 is 17.9 Å². The number of methoxy groups -OCH3 is 1. The monoisotopic (exact) mass is 436 g/mol. The number of aldehydes is 1. The molecule has 31 heavy (non-hydrogen) atoms. The molecular formula is C25H25ClN2O3. The zero-order valence-electron chi connectivity index (χ0n) is 17.5. The van der Waals surface area contributed by atoms with E-state index >= 15 is 0 Å². The second-order valence-electron chi connectivity index (χ2n) is 8.26. The van der Waals surface area contributed by atoms with E-state index in [1.165, 1.54) is 11.3 Å². The largest absolute Gasteiger partial charge is 0.496 e. The summed E-state index contributed by atoms with van der Waals surface area (Å²) in [5, 5.41) is 0.689. The number of ether oxygens (including phenoxy) is 2.